The van der Waals surface area contributed by atoms with Gasteiger partial charge in [-0.15, -0.1) is 0 Å². The third-order valence-corrected chi connectivity index (χ3v) is 7.89. The normalized spacial score (nSPS) is 10.8. The van der Waals surface area contributed by atoms with Crippen LogP contribution < -0.4 is 4.90 Å². The second kappa shape index (κ2) is 12.1. The van der Waals surface area contributed by atoms with Crippen molar-refractivity contribution in [1.82, 2.24) is 0 Å². The van der Waals surface area contributed by atoms with Gasteiger partial charge < -0.3 is 4.90 Å². The highest BCUT2D eigenvalue weighted by molar-refractivity contribution is 5.97. The Balaban J connectivity index is 1.44. The minimum Gasteiger partial charge on any atom is -0.310 e. The van der Waals surface area contributed by atoms with Gasteiger partial charge >= 0.3 is 0 Å². The number of para-hydroxylation sites is 3. The summed E-state index contributed by atoms with van der Waals surface area (Å²) in [5.41, 5.74) is 13.0. The van der Waals surface area contributed by atoms with Crippen LogP contribution in [0.15, 0.2) is 188 Å². The van der Waals surface area contributed by atoms with Crippen LogP contribution in [0.1, 0.15) is 0 Å². The standard InChI is InChI=1S/C42H31N/c1-5-17-32(18-6-1)34-29-30-39(41(31-34)33-19-7-2-8-20-33)37-25-13-14-26-38(37)40-27-15-16-28-42(40)43(35-21-9-3-10-22-35)36-23-11-4-12-24-36/h1-31H. The summed E-state index contributed by atoms with van der Waals surface area (Å²) >= 11 is 0. The SMILES string of the molecule is c1ccc(-c2ccc(-c3ccccc3-c3ccccc3N(c3ccccc3)c3ccccc3)c(-c3ccccc3)c2)cc1. The molecule has 0 spiro atoms. The molecule has 0 saturated heterocycles. The minimum absolute atomic E-state index is 1.12. The minimum atomic E-state index is 1.12. The highest BCUT2D eigenvalue weighted by Crippen LogP contribution is 2.45. The first kappa shape index (κ1) is 26.3. The lowest BCUT2D eigenvalue weighted by molar-refractivity contribution is 1.28. The van der Waals surface area contributed by atoms with Crippen molar-refractivity contribution in [2.24, 2.45) is 0 Å². The maximum absolute atomic E-state index is 2.35. The summed E-state index contributed by atoms with van der Waals surface area (Å²) in [6.07, 6.45) is 0. The topological polar surface area (TPSA) is 3.24 Å². The van der Waals surface area contributed by atoms with Crippen molar-refractivity contribution in [1.29, 1.82) is 0 Å². The molecule has 0 fully saturated rings. The van der Waals surface area contributed by atoms with Crippen LogP contribution in [0, 0.1) is 0 Å². The van der Waals surface area contributed by atoms with E-state index < -0.39 is 0 Å². The molecule has 0 amide bonds. The molecule has 204 valence electrons. The summed E-state index contributed by atoms with van der Waals surface area (Å²) in [6, 6.07) is 67.0. The van der Waals surface area contributed by atoms with Gasteiger partial charge in [0.25, 0.3) is 0 Å². The first-order valence-corrected chi connectivity index (χ1v) is 14.7. The summed E-state index contributed by atoms with van der Waals surface area (Å²) in [4.78, 5) is 2.35. The molecule has 7 rings (SSSR count). The Morgan fingerprint density at radius 1 is 0.256 bits per heavy atom. The van der Waals surface area contributed by atoms with Crippen molar-refractivity contribution in [3.8, 4) is 44.5 Å². The lowest BCUT2D eigenvalue weighted by atomic mass is 9.87. The Morgan fingerprint density at radius 3 is 1.26 bits per heavy atom. The number of hydrogen-bond donors (Lipinski definition) is 0. The zero-order chi connectivity index (χ0) is 28.8. The maximum Gasteiger partial charge on any atom is 0.0540 e. The van der Waals surface area contributed by atoms with E-state index in [1.54, 1.807) is 0 Å². The van der Waals surface area contributed by atoms with Crippen LogP contribution in [0.3, 0.4) is 0 Å². The third-order valence-electron chi connectivity index (χ3n) is 7.89. The monoisotopic (exact) mass is 549 g/mol. The van der Waals surface area contributed by atoms with E-state index in [4.69, 9.17) is 0 Å². The first-order chi connectivity index (χ1) is 21.4. The second-order valence-electron chi connectivity index (χ2n) is 10.6. The zero-order valence-corrected chi connectivity index (χ0v) is 23.8. The van der Waals surface area contributed by atoms with E-state index in [0.29, 0.717) is 0 Å². The Kier molecular flexibility index (Phi) is 7.36. The number of hydrogen-bond acceptors (Lipinski definition) is 1. The summed E-state index contributed by atoms with van der Waals surface area (Å²) in [5, 5.41) is 0. The molecule has 0 atom stereocenters. The predicted molar refractivity (Wildman–Crippen MR) is 183 cm³/mol. The smallest absolute Gasteiger partial charge is 0.0540 e. The van der Waals surface area contributed by atoms with Gasteiger partial charge in [0.2, 0.25) is 0 Å². The lowest BCUT2D eigenvalue weighted by Crippen LogP contribution is -2.11. The van der Waals surface area contributed by atoms with Crippen molar-refractivity contribution in [2.75, 3.05) is 4.90 Å². The largest absolute Gasteiger partial charge is 0.310 e. The molecular weight excluding hydrogens is 518 g/mol. The van der Waals surface area contributed by atoms with Gasteiger partial charge in [-0.25, -0.2) is 0 Å². The van der Waals surface area contributed by atoms with Crippen molar-refractivity contribution in [3.63, 3.8) is 0 Å². The molecule has 0 aromatic heterocycles. The fourth-order valence-corrected chi connectivity index (χ4v) is 5.88. The molecule has 0 aliphatic carbocycles. The van der Waals surface area contributed by atoms with E-state index in [0.717, 1.165) is 17.1 Å². The number of nitrogens with zero attached hydrogens (tertiary/aromatic N) is 1. The summed E-state index contributed by atoms with van der Waals surface area (Å²) in [6.45, 7) is 0. The second-order valence-corrected chi connectivity index (χ2v) is 10.6. The van der Waals surface area contributed by atoms with Gasteiger partial charge in [-0.3, -0.25) is 0 Å². The molecule has 0 heterocycles. The Morgan fingerprint density at radius 2 is 0.674 bits per heavy atom. The molecule has 0 bridgehead atoms. The van der Waals surface area contributed by atoms with E-state index in [2.05, 4.69) is 193 Å². The van der Waals surface area contributed by atoms with Crippen LogP contribution in [0.25, 0.3) is 44.5 Å². The van der Waals surface area contributed by atoms with Gasteiger partial charge in [-0.1, -0.05) is 152 Å². The van der Waals surface area contributed by atoms with Crippen LogP contribution in [0.2, 0.25) is 0 Å². The molecule has 7 aromatic rings. The van der Waals surface area contributed by atoms with E-state index in [1.807, 2.05) is 0 Å². The number of benzene rings is 7. The predicted octanol–water partition coefficient (Wildman–Crippen LogP) is 11.8. The molecule has 0 aliphatic rings. The van der Waals surface area contributed by atoms with Crippen molar-refractivity contribution in [2.45, 2.75) is 0 Å². The fourth-order valence-electron chi connectivity index (χ4n) is 5.88. The molecule has 1 nitrogen and oxygen atoms in total. The average molecular weight is 550 g/mol. The summed E-state index contributed by atoms with van der Waals surface area (Å²) in [5.74, 6) is 0. The van der Waals surface area contributed by atoms with E-state index in [9.17, 15) is 0 Å². The molecule has 7 aromatic carbocycles. The maximum atomic E-state index is 2.35. The third kappa shape index (κ3) is 5.37. The Bertz CT molecular complexity index is 1910. The fraction of sp³-hybridized carbons (Fsp3) is 0. The van der Waals surface area contributed by atoms with Gasteiger partial charge in [-0.2, -0.15) is 0 Å². The molecular formula is C42H31N. The molecule has 1 heteroatoms. The molecule has 0 unspecified atom stereocenters. The van der Waals surface area contributed by atoms with E-state index >= 15 is 0 Å². The van der Waals surface area contributed by atoms with Gasteiger partial charge in [0.1, 0.15) is 0 Å². The highest BCUT2D eigenvalue weighted by Gasteiger charge is 2.20. The van der Waals surface area contributed by atoms with Gasteiger partial charge in [0.05, 0.1) is 5.69 Å². The average Bonchev–Trinajstić information content (AvgIpc) is 3.10. The van der Waals surface area contributed by atoms with Crippen LogP contribution in [0.4, 0.5) is 17.1 Å². The van der Waals surface area contributed by atoms with Crippen molar-refractivity contribution >= 4 is 17.1 Å². The van der Waals surface area contributed by atoms with Crippen LogP contribution >= 0.6 is 0 Å². The van der Waals surface area contributed by atoms with Gasteiger partial charge in [-0.05, 0) is 75.3 Å². The Labute approximate surface area is 254 Å². The van der Waals surface area contributed by atoms with Crippen LogP contribution in [0.5, 0.6) is 0 Å². The van der Waals surface area contributed by atoms with E-state index in [-0.39, 0.29) is 0 Å². The van der Waals surface area contributed by atoms with Gasteiger partial charge in [0.15, 0.2) is 0 Å². The highest BCUT2D eigenvalue weighted by atomic mass is 15.1. The van der Waals surface area contributed by atoms with Gasteiger partial charge in [0, 0.05) is 16.9 Å². The van der Waals surface area contributed by atoms with E-state index in [1.165, 1.54) is 44.5 Å². The lowest BCUT2D eigenvalue weighted by Gasteiger charge is -2.28. The van der Waals surface area contributed by atoms with Crippen LogP contribution in [-0.4, -0.2) is 0 Å². The Hall–Kier alpha value is -5.66. The number of rotatable bonds is 7. The molecule has 0 N–H and O–H groups in total. The zero-order valence-electron chi connectivity index (χ0n) is 23.8. The summed E-state index contributed by atoms with van der Waals surface area (Å²) < 4.78 is 0. The molecule has 0 radical (unpaired) electrons. The molecule has 0 saturated carbocycles. The number of anilines is 3. The summed E-state index contributed by atoms with van der Waals surface area (Å²) in [7, 11) is 0. The quantitative estimate of drug-likeness (QED) is 0.191. The molecule has 43 heavy (non-hydrogen) atoms. The van der Waals surface area contributed by atoms with Crippen LogP contribution in [-0.2, 0) is 0 Å². The van der Waals surface area contributed by atoms with Crippen molar-refractivity contribution in [3.05, 3.63) is 188 Å². The van der Waals surface area contributed by atoms with Crippen molar-refractivity contribution < 1.29 is 0 Å². The first-order valence-electron chi connectivity index (χ1n) is 14.7. The molecule has 0 aliphatic heterocycles.